The van der Waals surface area contributed by atoms with E-state index in [0.29, 0.717) is 18.6 Å². The van der Waals surface area contributed by atoms with Crippen LogP contribution in [0.5, 0.6) is 5.75 Å². The van der Waals surface area contributed by atoms with Gasteiger partial charge in [-0.05, 0) is 42.7 Å². The topological polar surface area (TPSA) is 153 Å². The summed E-state index contributed by atoms with van der Waals surface area (Å²) in [7, 11) is -3.49. The maximum atomic E-state index is 13.3. The minimum atomic E-state index is -5.44. The molecule has 0 bridgehead atoms. The number of sulfonamides is 1. The molecular formula is C26H30F3N3O9S. The van der Waals surface area contributed by atoms with Crippen molar-refractivity contribution in [1.82, 2.24) is 15.2 Å². The Morgan fingerprint density at radius 2 is 1.81 bits per heavy atom. The fourth-order valence-corrected chi connectivity index (χ4v) is 5.86. The monoisotopic (exact) mass is 617 g/mol. The lowest BCUT2D eigenvalue weighted by atomic mass is 10.0. The van der Waals surface area contributed by atoms with Crippen molar-refractivity contribution in [2.75, 3.05) is 26.9 Å². The van der Waals surface area contributed by atoms with Crippen LogP contribution in [0.15, 0.2) is 59.5 Å². The molecule has 16 heteroatoms. The van der Waals surface area contributed by atoms with Gasteiger partial charge in [-0.25, -0.2) is 13.2 Å². The van der Waals surface area contributed by atoms with Gasteiger partial charge in [0.2, 0.25) is 0 Å². The number of hydrogen-bond donors (Lipinski definition) is 3. The van der Waals surface area contributed by atoms with Crippen molar-refractivity contribution < 1.29 is 55.2 Å². The Labute approximate surface area is 239 Å². The Kier molecular flexibility index (Phi) is 9.93. The van der Waals surface area contributed by atoms with Gasteiger partial charge in [0.1, 0.15) is 11.9 Å². The number of carbonyl (C=O) groups excluding carboxylic acids is 2. The third kappa shape index (κ3) is 7.69. The SMILES string of the molecule is COc1ccc(S(=O)(=O)N(C[C@@H](O)[C@H](Cc2ccccc2)NC(=O)OC2CO[C@H]3OCCC23)NC(=O)C(F)(F)F)cc1. The Morgan fingerprint density at radius 1 is 1.12 bits per heavy atom. The highest BCUT2D eigenvalue weighted by Crippen LogP contribution is 2.33. The largest absolute Gasteiger partial charge is 0.497 e. The van der Waals surface area contributed by atoms with Crippen molar-refractivity contribution in [2.24, 2.45) is 5.92 Å². The minimum Gasteiger partial charge on any atom is -0.497 e. The van der Waals surface area contributed by atoms with Crippen LogP contribution in [-0.2, 0) is 35.4 Å². The summed E-state index contributed by atoms with van der Waals surface area (Å²) in [6, 6.07) is 11.9. The molecule has 3 N–H and O–H groups in total. The third-order valence-electron chi connectivity index (χ3n) is 6.79. The van der Waals surface area contributed by atoms with E-state index in [2.05, 4.69) is 5.32 Å². The number of hydrazine groups is 1. The van der Waals surface area contributed by atoms with Gasteiger partial charge in [-0.2, -0.15) is 13.2 Å². The van der Waals surface area contributed by atoms with E-state index < -0.39 is 64.2 Å². The number of hydrogen-bond acceptors (Lipinski definition) is 9. The van der Waals surface area contributed by atoms with Crippen molar-refractivity contribution >= 4 is 22.0 Å². The van der Waals surface area contributed by atoms with E-state index in [9.17, 15) is 36.3 Å². The molecule has 0 spiro atoms. The quantitative estimate of drug-likeness (QED) is 0.320. The number of halogens is 3. The molecule has 230 valence electrons. The number of amides is 2. The second-order valence-electron chi connectivity index (χ2n) is 9.63. The molecule has 0 radical (unpaired) electrons. The van der Waals surface area contributed by atoms with Crippen LogP contribution >= 0.6 is 0 Å². The van der Waals surface area contributed by atoms with Gasteiger partial charge in [-0.15, -0.1) is 4.41 Å². The van der Waals surface area contributed by atoms with E-state index in [1.807, 2.05) is 0 Å². The van der Waals surface area contributed by atoms with Gasteiger partial charge in [0.25, 0.3) is 10.0 Å². The van der Waals surface area contributed by atoms with E-state index in [4.69, 9.17) is 18.9 Å². The molecule has 2 aromatic carbocycles. The molecule has 2 aliphatic heterocycles. The fraction of sp³-hybridized carbons (Fsp3) is 0.462. The van der Waals surface area contributed by atoms with E-state index in [0.717, 1.165) is 12.1 Å². The highest BCUT2D eigenvalue weighted by Gasteiger charge is 2.45. The lowest BCUT2D eigenvalue weighted by Crippen LogP contribution is -2.57. The van der Waals surface area contributed by atoms with Gasteiger partial charge in [-0.3, -0.25) is 10.2 Å². The van der Waals surface area contributed by atoms with Crippen LogP contribution in [0.25, 0.3) is 0 Å². The highest BCUT2D eigenvalue weighted by atomic mass is 32.2. The number of fused-ring (bicyclic) bond motifs is 1. The number of alkyl halides is 3. The van der Waals surface area contributed by atoms with Crippen molar-refractivity contribution in [2.45, 2.75) is 48.5 Å². The van der Waals surface area contributed by atoms with Crippen LogP contribution < -0.4 is 15.5 Å². The van der Waals surface area contributed by atoms with Crippen molar-refractivity contribution in [3.05, 3.63) is 60.2 Å². The predicted octanol–water partition coefficient (Wildman–Crippen LogP) is 1.74. The van der Waals surface area contributed by atoms with Gasteiger partial charge in [0, 0.05) is 0 Å². The molecule has 2 aliphatic rings. The summed E-state index contributed by atoms with van der Waals surface area (Å²) in [5.74, 6) is -2.49. The Hall–Kier alpha value is -3.44. The second-order valence-corrected chi connectivity index (χ2v) is 11.5. The summed E-state index contributed by atoms with van der Waals surface area (Å²) in [5.41, 5.74) is 1.94. The van der Waals surface area contributed by atoms with Crippen molar-refractivity contribution in [3.8, 4) is 5.75 Å². The van der Waals surface area contributed by atoms with Crippen molar-refractivity contribution in [3.63, 3.8) is 0 Å². The van der Waals surface area contributed by atoms with E-state index in [1.54, 1.807) is 30.3 Å². The number of benzene rings is 2. The number of aliphatic hydroxyl groups is 1. The first-order valence-electron chi connectivity index (χ1n) is 12.9. The molecule has 2 unspecified atom stereocenters. The molecule has 5 atom stereocenters. The second kappa shape index (κ2) is 13.2. The number of nitrogens with one attached hydrogen (secondary N) is 2. The third-order valence-corrected chi connectivity index (χ3v) is 8.48. The Morgan fingerprint density at radius 3 is 2.45 bits per heavy atom. The molecule has 2 heterocycles. The highest BCUT2D eigenvalue weighted by molar-refractivity contribution is 7.89. The van der Waals surface area contributed by atoms with E-state index in [1.165, 1.54) is 24.7 Å². The molecule has 12 nitrogen and oxygen atoms in total. The summed E-state index contributed by atoms with van der Waals surface area (Å²) < 4.78 is 87.4. The number of carbonyl (C=O) groups is 2. The number of alkyl carbamates (subject to hydrolysis) is 1. The summed E-state index contributed by atoms with van der Waals surface area (Å²) in [6.45, 7) is -0.528. The van der Waals surface area contributed by atoms with Crippen LogP contribution in [0.4, 0.5) is 18.0 Å². The first-order valence-corrected chi connectivity index (χ1v) is 14.3. The summed E-state index contributed by atoms with van der Waals surface area (Å²) >= 11 is 0. The number of aliphatic hydroxyl groups excluding tert-OH is 1. The van der Waals surface area contributed by atoms with Gasteiger partial charge >= 0.3 is 18.2 Å². The standard InChI is InChI=1S/C26H30F3N3O9S/c1-38-17-7-9-18(10-8-17)42(36,37)32(31-24(34)26(27,28)29)14-21(33)20(13-16-5-3-2-4-6-16)30-25(35)41-22-15-40-23-19(22)11-12-39-23/h2-10,19-23,33H,11-15H2,1H3,(H,30,35)(H,31,34)/t19?,20-,21+,22?,23+/m0/s1. The number of methoxy groups -OCH3 is 1. The first kappa shape index (κ1) is 31.5. The van der Waals surface area contributed by atoms with E-state index in [-0.39, 0.29) is 29.1 Å². The van der Waals surface area contributed by atoms with Crippen molar-refractivity contribution in [1.29, 1.82) is 0 Å². The van der Waals surface area contributed by atoms with Crippen LogP contribution in [0, 0.1) is 5.92 Å². The molecule has 2 aromatic rings. The summed E-state index contributed by atoms with van der Waals surface area (Å²) in [4.78, 5) is 24.2. The van der Waals surface area contributed by atoms with Crippen LogP contribution in [0.1, 0.15) is 12.0 Å². The fourth-order valence-electron chi connectivity index (χ4n) is 4.57. The van der Waals surface area contributed by atoms with Crippen LogP contribution in [0.2, 0.25) is 0 Å². The molecule has 0 aliphatic carbocycles. The number of nitrogens with zero attached hydrogens (tertiary/aromatic N) is 1. The zero-order valence-electron chi connectivity index (χ0n) is 22.3. The van der Waals surface area contributed by atoms with Crippen LogP contribution in [0.3, 0.4) is 0 Å². The summed E-state index contributed by atoms with van der Waals surface area (Å²) in [6.07, 6.45) is -8.79. The molecule has 2 fully saturated rings. The molecular weight excluding hydrogens is 587 g/mol. The minimum absolute atomic E-state index is 0.00835. The zero-order chi connectivity index (χ0) is 30.5. The van der Waals surface area contributed by atoms with Gasteiger partial charge in [0.15, 0.2) is 6.29 Å². The molecule has 0 aromatic heterocycles. The normalized spacial score (nSPS) is 21.8. The Balaban J connectivity index is 1.56. The molecule has 42 heavy (non-hydrogen) atoms. The lowest BCUT2D eigenvalue weighted by Gasteiger charge is -2.30. The number of ether oxygens (including phenoxy) is 4. The lowest BCUT2D eigenvalue weighted by molar-refractivity contribution is -0.177. The molecule has 4 rings (SSSR count). The smallest absolute Gasteiger partial charge is 0.472 e. The number of rotatable bonds is 11. The first-order chi connectivity index (χ1) is 19.9. The van der Waals surface area contributed by atoms with E-state index >= 15 is 0 Å². The van der Waals surface area contributed by atoms with Gasteiger partial charge < -0.3 is 29.4 Å². The average molecular weight is 618 g/mol. The van der Waals surface area contributed by atoms with Crippen LogP contribution in [-0.4, -0.2) is 87.5 Å². The average Bonchev–Trinajstić information content (AvgIpc) is 3.57. The summed E-state index contributed by atoms with van der Waals surface area (Å²) in [5, 5.41) is 13.6. The molecule has 0 saturated carbocycles. The Bertz CT molecular complexity index is 1330. The van der Waals surface area contributed by atoms with Gasteiger partial charge in [0.05, 0.1) is 49.8 Å². The molecule has 2 saturated heterocycles. The maximum absolute atomic E-state index is 13.3. The predicted molar refractivity (Wildman–Crippen MR) is 138 cm³/mol. The molecule has 2 amide bonds. The van der Waals surface area contributed by atoms with Gasteiger partial charge in [-0.1, -0.05) is 30.3 Å². The zero-order valence-corrected chi connectivity index (χ0v) is 23.1. The maximum Gasteiger partial charge on any atom is 0.472 e.